The number of rotatable bonds is 4. The van der Waals surface area contributed by atoms with Crippen LogP contribution in [0.25, 0.3) is 0 Å². The zero-order chi connectivity index (χ0) is 19.4. The van der Waals surface area contributed by atoms with Gasteiger partial charge in [0.2, 0.25) is 0 Å². The van der Waals surface area contributed by atoms with Gasteiger partial charge in [-0.25, -0.2) is 4.98 Å². The fourth-order valence-corrected chi connectivity index (χ4v) is 3.12. The molecule has 1 saturated heterocycles. The molecule has 0 N–H and O–H groups in total. The Morgan fingerprint density at radius 3 is 2.07 bits per heavy atom. The standard InChI is InChI=1S/C19H22F3N3O2/c1-26-16-10-15(11-17(12-16)27-2)24-6-3-7-25(9-8-24)18-5-4-14(13-23-18)19(20,21)22/h4-5,10-13H,3,6-9H2,1-2H3. The molecular weight excluding hydrogens is 359 g/mol. The van der Waals surface area contributed by atoms with Crippen molar-refractivity contribution in [3.05, 3.63) is 42.1 Å². The summed E-state index contributed by atoms with van der Waals surface area (Å²) in [7, 11) is 3.22. The molecule has 5 nitrogen and oxygen atoms in total. The second-order valence-electron chi connectivity index (χ2n) is 6.30. The minimum atomic E-state index is -4.37. The van der Waals surface area contributed by atoms with E-state index in [9.17, 15) is 13.2 Å². The third-order valence-corrected chi connectivity index (χ3v) is 4.60. The number of hydrogen-bond donors (Lipinski definition) is 0. The van der Waals surface area contributed by atoms with Gasteiger partial charge in [-0.3, -0.25) is 0 Å². The van der Waals surface area contributed by atoms with Gasteiger partial charge in [-0.15, -0.1) is 0 Å². The summed E-state index contributed by atoms with van der Waals surface area (Å²) in [6.45, 7) is 2.94. The minimum Gasteiger partial charge on any atom is -0.497 e. The molecule has 1 aliphatic heterocycles. The molecule has 3 rings (SSSR count). The highest BCUT2D eigenvalue weighted by molar-refractivity contribution is 5.56. The lowest BCUT2D eigenvalue weighted by atomic mass is 10.2. The molecule has 146 valence electrons. The highest BCUT2D eigenvalue weighted by Crippen LogP contribution is 2.31. The van der Waals surface area contributed by atoms with Crippen LogP contribution in [0.15, 0.2) is 36.5 Å². The molecule has 0 radical (unpaired) electrons. The molecule has 1 aromatic carbocycles. The normalized spacial score (nSPS) is 15.4. The van der Waals surface area contributed by atoms with Crippen LogP contribution >= 0.6 is 0 Å². The van der Waals surface area contributed by atoms with Crippen molar-refractivity contribution in [2.24, 2.45) is 0 Å². The molecule has 0 bridgehead atoms. The lowest BCUT2D eigenvalue weighted by Crippen LogP contribution is -2.31. The molecule has 2 heterocycles. The summed E-state index contributed by atoms with van der Waals surface area (Å²) in [6, 6.07) is 8.24. The smallest absolute Gasteiger partial charge is 0.417 e. The Hall–Kier alpha value is -2.64. The van der Waals surface area contributed by atoms with Gasteiger partial charge in [-0.1, -0.05) is 0 Å². The number of hydrogen-bond acceptors (Lipinski definition) is 5. The maximum atomic E-state index is 12.7. The van der Waals surface area contributed by atoms with Gasteiger partial charge in [0, 0.05) is 56.3 Å². The van der Waals surface area contributed by atoms with Crippen LogP contribution in [-0.2, 0) is 6.18 Å². The summed E-state index contributed by atoms with van der Waals surface area (Å²) in [6.07, 6.45) is -2.61. The maximum Gasteiger partial charge on any atom is 0.417 e. The van der Waals surface area contributed by atoms with Gasteiger partial charge in [-0.2, -0.15) is 13.2 Å². The topological polar surface area (TPSA) is 37.8 Å². The van der Waals surface area contributed by atoms with E-state index < -0.39 is 11.7 Å². The molecule has 1 aromatic heterocycles. The molecule has 0 atom stereocenters. The van der Waals surface area contributed by atoms with Crippen molar-refractivity contribution in [3.63, 3.8) is 0 Å². The van der Waals surface area contributed by atoms with Crippen molar-refractivity contribution < 1.29 is 22.6 Å². The van der Waals surface area contributed by atoms with Gasteiger partial charge in [0.05, 0.1) is 19.8 Å². The number of ether oxygens (including phenoxy) is 2. The Kier molecular flexibility index (Phi) is 5.62. The van der Waals surface area contributed by atoms with Gasteiger partial charge < -0.3 is 19.3 Å². The van der Waals surface area contributed by atoms with Crippen LogP contribution in [0.3, 0.4) is 0 Å². The van der Waals surface area contributed by atoms with E-state index in [1.54, 1.807) is 14.2 Å². The zero-order valence-electron chi connectivity index (χ0n) is 15.3. The van der Waals surface area contributed by atoms with E-state index in [-0.39, 0.29) is 0 Å². The maximum absolute atomic E-state index is 12.7. The summed E-state index contributed by atoms with van der Waals surface area (Å²) in [5.74, 6) is 2.00. The van der Waals surface area contributed by atoms with Crippen LogP contribution in [0.2, 0.25) is 0 Å². The summed E-state index contributed by atoms with van der Waals surface area (Å²) in [5.41, 5.74) is 0.264. The van der Waals surface area contributed by atoms with Crippen molar-refractivity contribution in [2.45, 2.75) is 12.6 Å². The minimum absolute atomic E-state index is 0.563. The van der Waals surface area contributed by atoms with Crippen molar-refractivity contribution in [1.29, 1.82) is 0 Å². The predicted molar refractivity (Wildman–Crippen MR) is 97.8 cm³/mol. The van der Waals surface area contributed by atoms with E-state index in [0.717, 1.165) is 55.5 Å². The fraction of sp³-hybridized carbons (Fsp3) is 0.421. The molecule has 0 amide bonds. The van der Waals surface area contributed by atoms with Gasteiger partial charge >= 0.3 is 6.18 Å². The monoisotopic (exact) mass is 381 g/mol. The summed E-state index contributed by atoms with van der Waals surface area (Å²) in [4.78, 5) is 8.24. The first kappa shape index (κ1) is 19.1. The second-order valence-corrected chi connectivity index (χ2v) is 6.30. The van der Waals surface area contributed by atoms with Crippen molar-refractivity contribution in [3.8, 4) is 11.5 Å². The average molecular weight is 381 g/mol. The average Bonchev–Trinajstić information content (AvgIpc) is 2.93. The van der Waals surface area contributed by atoms with E-state index in [0.29, 0.717) is 12.4 Å². The Morgan fingerprint density at radius 2 is 1.52 bits per heavy atom. The number of benzene rings is 1. The van der Waals surface area contributed by atoms with E-state index in [1.807, 2.05) is 23.1 Å². The first-order chi connectivity index (χ1) is 12.9. The lowest BCUT2D eigenvalue weighted by Gasteiger charge is -2.25. The van der Waals surface area contributed by atoms with Crippen LogP contribution in [0.1, 0.15) is 12.0 Å². The van der Waals surface area contributed by atoms with E-state index in [1.165, 1.54) is 6.07 Å². The number of anilines is 2. The quantitative estimate of drug-likeness (QED) is 0.805. The molecule has 8 heteroatoms. The van der Waals surface area contributed by atoms with E-state index >= 15 is 0 Å². The third-order valence-electron chi connectivity index (χ3n) is 4.60. The molecule has 1 aliphatic rings. The van der Waals surface area contributed by atoms with Gasteiger partial charge in [-0.05, 0) is 18.6 Å². The first-order valence-corrected chi connectivity index (χ1v) is 8.67. The number of halogens is 3. The number of nitrogens with zero attached hydrogens (tertiary/aromatic N) is 3. The fourth-order valence-electron chi connectivity index (χ4n) is 3.12. The van der Waals surface area contributed by atoms with Crippen LogP contribution in [-0.4, -0.2) is 45.4 Å². The molecule has 0 aliphatic carbocycles. The highest BCUT2D eigenvalue weighted by atomic mass is 19.4. The molecule has 0 saturated carbocycles. The summed E-state index contributed by atoms with van der Waals surface area (Å²) >= 11 is 0. The van der Waals surface area contributed by atoms with Gasteiger partial charge in [0.1, 0.15) is 17.3 Å². The Balaban J connectivity index is 1.72. The van der Waals surface area contributed by atoms with Crippen molar-refractivity contribution in [1.82, 2.24) is 4.98 Å². The molecule has 0 unspecified atom stereocenters. The number of alkyl halides is 3. The molecule has 27 heavy (non-hydrogen) atoms. The lowest BCUT2D eigenvalue weighted by molar-refractivity contribution is -0.137. The van der Waals surface area contributed by atoms with Crippen molar-refractivity contribution >= 4 is 11.5 Å². The second kappa shape index (κ2) is 7.94. The van der Waals surface area contributed by atoms with Gasteiger partial charge in [0.25, 0.3) is 0 Å². The van der Waals surface area contributed by atoms with E-state index in [2.05, 4.69) is 9.88 Å². The van der Waals surface area contributed by atoms with Crippen LogP contribution in [0.4, 0.5) is 24.7 Å². The Labute approximate surface area is 156 Å². The third kappa shape index (κ3) is 4.56. The predicted octanol–water partition coefficient (Wildman–Crippen LogP) is 3.83. The highest BCUT2D eigenvalue weighted by Gasteiger charge is 2.31. The Bertz CT molecular complexity index is 744. The van der Waals surface area contributed by atoms with E-state index in [4.69, 9.17) is 9.47 Å². The molecular formula is C19H22F3N3O2. The van der Waals surface area contributed by atoms with Crippen molar-refractivity contribution in [2.75, 3.05) is 50.2 Å². The largest absolute Gasteiger partial charge is 0.497 e. The number of aromatic nitrogens is 1. The molecule has 1 fully saturated rings. The summed E-state index contributed by atoms with van der Waals surface area (Å²) < 4.78 is 48.8. The van der Waals surface area contributed by atoms with Crippen LogP contribution in [0.5, 0.6) is 11.5 Å². The van der Waals surface area contributed by atoms with Gasteiger partial charge in [0.15, 0.2) is 0 Å². The van der Waals surface area contributed by atoms with Crippen LogP contribution < -0.4 is 19.3 Å². The Morgan fingerprint density at radius 1 is 0.889 bits per heavy atom. The molecule has 0 spiro atoms. The number of methoxy groups -OCH3 is 2. The van der Waals surface area contributed by atoms with Crippen LogP contribution in [0, 0.1) is 0 Å². The molecule has 2 aromatic rings. The first-order valence-electron chi connectivity index (χ1n) is 8.67. The summed E-state index contributed by atoms with van der Waals surface area (Å²) in [5, 5.41) is 0. The zero-order valence-corrected chi connectivity index (χ0v) is 15.3. The SMILES string of the molecule is COc1cc(OC)cc(N2CCCN(c3ccc(C(F)(F)F)cn3)CC2)c1. The number of pyridine rings is 1.